The van der Waals surface area contributed by atoms with Crippen LogP contribution in [0.2, 0.25) is 0 Å². The number of likely N-dealkylation sites (tertiary alicyclic amines) is 1. The molecule has 1 fully saturated rings. The maximum absolute atomic E-state index is 13.0. The van der Waals surface area contributed by atoms with E-state index in [2.05, 4.69) is 11.8 Å². The minimum atomic E-state index is -0.656. The van der Waals surface area contributed by atoms with E-state index in [4.69, 9.17) is 4.74 Å². The topological polar surface area (TPSA) is 70.2 Å². The van der Waals surface area contributed by atoms with Crippen molar-refractivity contribution in [1.29, 1.82) is 0 Å². The van der Waals surface area contributed by atoms with Gasteiger partial charge in [0.2, 0.25) is 5.91 Å². The minimum absolute atomic E-state index is 0.0835. The molecule has 158 valence electrons. The molecule has 1 rings (SSSR count). The lowest BCUT2D eigenvalue weighted by atomic mass is 9.99. The van der Waals surface area contributed by atoms with Gasteiger partial charge in [0.05, 0.1) is 12.5 Å². The first-order valence-corrected chi connectivity index (χ1v) is 9.75. The van der Waals surface area contributed by atoms with Crippen LogP contribution in [0.3, 0.4) is 0 Å². The molecular weight excluding hydrogens is 358 g/mol. The molecule has 0 bridgehead atoms. The Balaban J connectivity index is 2.77. The summed E-state index contributed by atoms with van der Waals surface area (Å²) in [4.78, 5) is 42.8. The molecule has 1 aliphatic rings. The summed E-state index contributed by atoms with van der Waals surface area (Å²) >= 11 is 0. The van der Waals surface area contributed by atoms with Gasteiger partial charge < -0.3 is 14.5 Å². The Morgan fingerprint density at radius 2 is 1.79 bits per heavy atom. The van der Waals surface area contributed by atoms with E-state index in [-0.39, 0.29) is 23.7 Å². The monoisotopic (exact) mass is 393 g/mol. The molecule has 0 N–H and O–H groups in total. The molecule has 0 unspecified atom stereocenters. The number of amides is 2. The van der Waals surface area contributed by atoms with E-state index in [1.807, 2.05) is 53.6 Å². The minimum Gasteiger partial charge on any atom is -0.458 e. The lowest BCUT2D eigenvalue weighted by Crippen LogP contribution is -2.50. The first-order chi connectivity index (χ1) is 12.8. The van der Waals surface area contributed by atoms with Gasteiger partial charge in [0.1, 0.15) is 11.6 Å². The molecule has 0 aromatic rings. The Kier molecular flexibility index (Phi) is 8.49. The van der Waals surface area contributed by atoms with Gasteiger partial charge in [0, 0.05) is 20.1 Å². The van der Waals surface area contributed by atoms with E-state index in [0.29, 0.717) is 26.1 Å². The lowest BCUT2D eigenvalue weighted by Gasteiger charge is -2.33. The third-order valence-electron chi connectivity index (χ3n) is 4.46. The molecule has 0 radical (unpaired) electrons. The summed E-state index contributed by atoms with van der Waals surface area (Å²) < 4.78 is 5.50. The molecule has 28 heavy (non-hydrogen) atoms. The Bertz CT molecular complexity index is 640. The number of likely N-dealkylation sites (N-methyl/N-ethyl adjacent to an activating group) is 1. The fourth-order valence-electron chi connectivity index (χ4n) is 3.16. The first-order valence-electron chi connectivity index (χ1n) is 9.75. The van der Waals surface area contributed by atoms with E-state index in [1.54, 1.807) is 11.9 Å². The third kappa shape index (κ3) is 7.16. The zero-order chi connectivity index (χ0) is 21.6. The highest BCUT2D eigenvalue weighted by atomic mass is 16.6. The molecule has 1 heterocycles. The van der Waals surface area contributed by atoms with Gasteiger partial charge in [-0.2, -0.15) is 0 Å². The predicted octanol–water partition coefficient (Wildman–Crippen LogP) is 1.22. The summed E-state index contributed by atoms with van der Waals surface area (Å²) in [6.45, 7) is 10.5. The van der Waals surface area contributed by atoms with Crippen molar-refractivity contribution in [1.82, 2.24) is 14.7 Å². The van der Waals surface area contributed by atoms with Crippen LogP contribution < -0.4 is 0 Å². The SMILES string of the molecule is CC(C)[C@@H](C(=O)OC(C)(C)C)N(C)C(=O)[C@H]1CCN(C(=O)C#CCN(C)C)C1. The number of rotatable bonds is 5. The van der Waals surface area contributed by atoms with Crippen molar-refractivity contribution in [2.75, 3.05) is 40.8 Å². The number of hydrogen-bond acceptors (Lipinski definition) is 5. The van der Waals surface area contributed by atoms with Crippen molar-refractivity contribution in [3.05, 3.63) is 0 Å². The maximum atomic E-state index is 13.0. The van der Waals surface area contributed by atoms with Crippen LogP contribution in [0.1, 0.15) is 41.0 Å². The zero-order valence-corrected chi connectivity index (χ0v) is 18.5. The Hall–Kier alpha value is -2.07. The highest BCUT2D eigenvalue weighted by Crippen LogP contribution is 2.23. The van der Waals surface area contributed by atoms with Crippen LogP contribution in [0.25, 0.3) is 0 Å². The van der Waals surface area contributed by atoms with E-state index >= 15 is 0 Å². The van der Waals surface area contributed by atoms with E-state index in [1.165, 1.54) is 4.90 Å². The van der Waals surface area contributed by atoms with Crippen molar-refractivity contribution in [3.63, 3.8) is 0 Å². The van der Waals surface area contributed by atoms with Gasteiger partial charge in [-0.15, -0.1) is 0 Å². The van der Waals surface area contributed by atoms with E-state index in [9.17, 15) is 14.4 Å². The number of carbonyl (C=O) groups excluding carboxylic acids is 3. The number of nitrogens with zero attached hydrogens (tertiary/aromatic N) is 3. The second-order valence-electron chi connectivity index (χ2n) is 8.95. The van der Waals surface area contributed by atoms with Gasteiger partial charge in [-0.25, -0.2) is 4.79 Å². The average molecular weight is 394 g/mol. The maximum Gasteiger partial charge on any atom is 0.329 e. The fourth-order valence-corrected chi connectivity index (χ4v) is 3.16. The molecule has 0 aromatic heterocycles. The molecule has 1 aliphatic heterocycles. The van der Waals surface area contributed by atoms with Crippen molar-refractivity contribution in [3.8, 4) is 11.8 Å². The van der Waals surface area contributed by atoms with Crippen LogP contribution in [0.15, 0.2) is 0 Å². The fraction of sp³-hybridized carbons (Fsp3) is 0.762. The molecule has 2 atom stereocenters. The Morgan fingerprint density at radius 3 is 2.29 bits per heavy atom. The quantitative estimate of drug-likeness (QED) is 0.519. The van der Waals surface area contributed by atoms with Crippen LogP contribution in [-0.4, -0.2) is 84.9 Å². The smallest absolute Gasteiger partial charge is 0.329 e. The zero-order valence-electron chi connectivity index (χ0n) is 18.5. The summed E-state index contributed by atoms with van der Waals surface area (Å²) in [5.74, 6) is 4.24. The molecule has 1 saturated heterocycles. The molecule has 7 heteroatoms. The van der Waals surface area contributed by atoms with Gasteiger partial charge in [-0.1, -0.05) is 19.8 Å². The molecule has 0 saturated carbocycles. The normalized spacial score (nSPS) is 17.9. The van der Waals surface area contributed by atoms with Crippen LogP contribution >= 0.6 is 0 Å². The molecule has 7 nitrogen and oxygen atoms in total. The molecular formula is C21H35N3O4. The summed E-state index contributed by atoms with van der Waals surface area (Å²) in [5, 5.41) is 0. The highest BCUT2D eigenvalue weighted by Gasteiger charge is 2.38. The van der Waals surface area contributed by atoms with Crippen LogP contribution in [0.4, 0.5) is 0 Å². The van der Waals surface area contributed by atoms with Gasteiger partial charge in [-0.05, 0) is 53.1 Å². The Labute approximate surface area is 169 Å². The summed E-state index contributed by atoms with van der Waals surface area (Å²) in [6, 6.07) is -0.656. The van der Waals surface area contributed by atoms with Crippen molar-refractivity contribution < 1.29 is 19.1 Å². The summed E-state index contributed by atoms with van der Waals surface area (Å²) in [5.41, 5.74) is -0.615. The van der Waals surface area contributed by atoms with Crippen LogP contribution in [-0.2, 0) is 19.1 Å². The van der Waals surface area contributed by atoms with Crippen molar-refractivity contribution >= 4 is 17.8 Å². The van der Waals surface area contributed by atoms with Gasteiger partial charge in [-0.3, -0.25) is 14.5 Å². The van der Waals surface area contributed by atoms with Crippen LogP contribution in [0, 0.1) is 23.7 Å². The van der Waals surface area contributed by atoms with Crippen molar-refractivity contribution in [2.45, 2.75) is 52.7 Å². The predicted molar refractivity (Wildman–Crippen MR) is 108 cm³/mol. The number of hydrogen-bond donors (Lipinski definition) is 0. The lowest BCUT2D eigenvalue weighted by molar-refractivity contribution is -0.166. The van der Waals surface area contributed by atoms with Crippen LogP contribution in [0.5, 0.6) is 0 Å². The number of esters is 1. The summed E-state index contributed by atoms with van der Waals surface area (Å²) in [6.07, 6.45) is 0.573. The largest absolute Gasteiger partial charge is 0.458 e. The first kappa shape index (κ1) is 24.0. The van der Waals surface area contributed by atoms with Gasteiger partial charge >= 0.3 is 5.97 Å². The van der Waals surface area contributed by atoms with Gasteiger partial charge in [0.15, 0.2) is 0 Å². The number of ether oxygens (including phenoxy) is 1. The van der Waals surface area contributed by atoms with Crippen molar-refractivity contribution in [2.24, 2.45) is 11.8 Å². The Morgan fingerprint density at radius 1 is 1.18 bits per heavy atom. The standard InChI is InChI=1S/C21H35N3O4/c1-15(2)18(20(27)28-21(3,4)5)23(8)19(26)16-11-13-24(14-16)17(25)10-9-12-22(6)7/h15-16,18H,11-14H2,1-8H3/t16-,18-/m0/s1. The highest BCUT2D eigenvalue weighted by molar-refractivity contribution is 5.94. The second-order valence-corrected chi connectivity index (χ2v) is 8.95. The number of carbonyl (C=O) groups is 3. The molecule has 0 aliphatic carbocycles. The van der Waals surface area contributed by atoms with Gasteiger partial charge in [0.25, 0.3) is 5.91 Å². The van der Waals surface area contributed by atoms with E-state index in [0.717, 1.165) is 0 Å². The third-order valence-corrected chi connectivity index (χ3v) is 4.46. The molecule has 2 amide bonds. The van der Waals surface area contributed by atoms with E-state index < -0.39 is 17.6 Å². The second kappa shape index (κ2) is 9.92. The molecule has 0 spiro atoms. The molecule has 0 aromatic carbocycles. The summed E-state index contributed by atoms with van der Waals surface area (Å²) in [7, 11) is 5.41. The average Bonchev–Trinajstić information content (AvgIpc) is 3.01.